The lowest BCUT2D eigenvalue weighted by Crippen LogP contribution is -2.37. The van der Waals surface area contributed by atoms with Crippen LogP contribution >= 0.6 is 0 Å². The molecule has 1 aliphatic carbocycles. The third kappa shape index (κ3) is 8.93. The van der Waals surface area contributed by atoms with E-state index in [9.17, 15) is 29.7 Å². The Bertz CT molecular complexity index is 1740. The van der Waals surface area contributed by atoms with Gasteiger partial charge in [-0.05, 0) is 85.5 Å². The summed E-state index contributed by atoms with van der Waals surface area (Å²) in [5.74, 6) is 1.13. The second-order valence-electron chi connectivity index (χ2n) is 12.5. The Hall–Kier alpha value is -4.87. The molecule has 11 heteroatoms. The van der Waals surface area contributed by atoms with E-state index in [1.54, 1.807) is 17.0 Å². The number of hydrogen-bond acceptors (Lipinski definition) is 7. The number of benzene rings is 3. The predicted octanol–water partition coefficient (Wildman–Crippen LogP) is 4.95. The zero-order chi connectivity index (χ0) is 34.0. The molecule has 0 radical (unpaired) electrons. The molecule has 48 heavy (non-hydrogen) atoms. The molecular formula is C37H44N4O7. The van der Waals surface area contributed by atoms with E-state index in [1.807, 2.05) is 61.6 Å². The number of hydrogen-bond donors (Lipinski definition) is 6. The molecule has 0 spiro atoms. The van der Waals surface area contributed by atoms with Crippen molar-refractivity contribution in [2.75, 3.05) is 33.3 Å². The van der Waals surface area contributed by atoms with Crippen molar-refractivity contribution in [1.29, 1.82) is 0 Å². The molecule has 1 saturated carbocycles. The highest BCUT2D eigenvalue weighted by Gasteiger charge is 2.28. The lowest BCUT2D eigenvalue weighted by molar-refractivity contribution is -0.135. The molecule has 1 aliphatic rings. The van der Waals surface area contributed by atoms with Crippen molar-refractivity contribution in [3.63, 3.8) is 0 Å². The highest BCUT2D eigenvalue weighted by atomic mass is 16.5. The fourth-order valence-corrected chi connectivity index (χ4v) is 6.46. The van der Waals surface area contributed by atoms with Gasteiger partial charge in [0.05, 0.1) is 24.3 Å². The van der Waals surface area contributed by atoms with Gasteiger partial charge in [-0.3, -0.25) is 9.59 Å². The van der Waals surface area contributed by atoms with Crippen LogP contribution in [0, 0.1) is 11.8 Å². The van der Waals surface area contributed by atoms with Crippen LogP contribution in [0.25, 0.3) is 10.9 Å². The van der Waals surface area contributed by atoms with Crippen LogP contribution in [0.5, 0.6) is 11.5 Å². The second kappa shape index (κ2) is 16.3. The third-order valence-corrected chi connectivity index (χ3v) is 9.10. The van der Waals surface area contributed by atoms with Crippen molar-refractivity contribution in [2.24, 2.45) is 11.8 Å². The number of nitrogens with one attached hydrogen (secondary N) is 3. The number of fused-ring (bicyclic) bond motifs is 1. The van der Waals surface area contributed by atoms with Crippen LogP contribution in [0.2, 0.25) is 0 Å². The molecule has 0 bridgehead atoms. The predicted molar refractivity (Wildman–Crippen MR) is 183 cm³/mol. The van der Waals surface area contributed by atoms with Crippen LogP contribution in [0.4, 0.5) is 4.79 Å². The average molecular weight is 657 g/mol. The van der Waals surface area contributed by atoms with Gasteiger partial charge < -0.3 is 40.6 Å². The van der Waals surface area contributed by atoms with Crippen molar-refractivity contribution >= 4 is 22.9 Å². The smallest absolute Gasteiger partial charge is 0.405 e. The summed E-state index contributed by atoms with van der Waals surface area (Å²) in [5.41, 5.74) is 2.23. The molecule has 2 atom stereocenters. The number of aliphatic hydroxyl groups is 1. The molecule has 4 aromatic rings. The standard InChI is InChI=1S/C37H44N4O7/c1-41(20-6-19-38-22-32(43)29-15-17-31(42)35-30(29)16-18-33(44)39-35)36(45)26-13-11-24(12-14-26)23-48-28-10-5-9-27(21-28)34(40-37(46)47)25-7-3-2-4-8-25/h2-5,7-10,15-18,21,24,26,32,34,38,40,42-43H,6,11-14,19-20,22-23H2,1H3,(H,39,44)(H,46,47)/t24?,26?,32?,34-/m0/s1. The first-order valence-corrected chi connectivity index (χ1v) is 16.5. The Morgan fingerprint density at radius 2 is 1.73 bits per heavy atom. The molecule has 1 heterocycles. The van der Waals surface area contributed by atoms with Gasteiger partial charge in [-0.15, -0.1) is 0 Å². The lowest BCUT2D eigenvalue weighted by Gasteiger charge is -2.30. The molecule has 1 aromatic heterocycles. The Balaban J connectivity index is 1.02. The maximum absolute atomic E-state index is 13.2. The van der Waals surface area contributed by atoms with E-state index in [1.165, 1.54) is 12.1 Å². The summed E-state index contributed by atoms with van der Waals surface area (Å²) in [6.07, 6.45) is 2.22. The van der Waals surface area contributed by atoms with Gasteiger partial charge in [0.15, 0.2) is 0 Å². The molecule has 6 N–H and O–H groups in total. The first kappa shape index (κ1) is 34.5. The number of aromatic hydroxyl groups is 1. The van der Waals surface area contributed by atoms with Crippen LogP contribution in [-0.4, -0.2) is 70.5 Å². The fourth-order valence-electron chi connectivity index (χ4n) is 6.46. The summed E-state index contributed by atoms with van der Waals surface area (Å²) in [6.45, 7) is 2.05. The van der Waals surface area contributed by atoms with E-state index in [4.69, 9.17) is 4.74 Å². The summed E-state index contributed by atoms with van der Waals surface area (Å²) in [7, 11) is 1.84. The minimum Gasteiger partial charge on any atom is -0.506 e. The van der Waals surface area contributed by atoms with E-state index < -0.39 is 18.2 Å². The molecule has 11 nitrogen and oxygen atoms in total. The van der Waals surface area contributed by atoms with E-state index in [-0.39, 0.29) is 23.1 Å². The topological polar surface area (TPSA) is 164 Å². The van der Waals surface area contributed by atoms with Crippen molar-refractivity contribution in [2.45, 2.75) is 44.2 Å². The number of amides is 2. The molecule has 1 unspecified atom stereocenters. The van der Waals surface area contributed by atoms with Crippen LogP contribution in [-0.2, 0) is 4.79 Å². The number of phenolic OH excluding ortho intramolecular Hbond substituents is 1. The van der Waals surface area contributed by atoms with Crippen molar-refractivity contribution < 1.29 is 29.6 Å². The van der Waals surface area contributed by atoms with Gasteiger partial charge in [-0.2, -0.15) is 0 Å². The van der Waals surface area contributed by atoms with E-state index in [2.05, 4.69) is 15.6 Å². The van der Waals surface area contributed by atoms with E-state index >= 15 is 0 Å². The van der Waals surface area contributed by atoms with Gasteiger partial charge in [0.2, 0.25) is 11.5 Å². The first-order chi connectivity index (χ1) is 23.2. The quantitative estimate of drug-likeness (QED) is 0.104. The highest BCUT2D eigenvalue weighted by molar-refractivity contribution is 5.87. The Kier molecular flexibility index (Phi) is 11.7. The Morgan fingerprint density at radius 1 is 0.979 bits per heavy atom. The first-order valence-electron chi connectivity index (χ1n) is 16.5. The number of rotatable bonds is 14. The molecule has 5 rings (SSSR count). The molecule has 2 amide bonds. The van der Waals surface area contributed by atoms with Crippen LogP contribution < -0.4 is 20.9 Å². The maximum atomic E-state index is 13.2. The monoisotopic (exact) mass is 656 g/mol. The number of nitrogens with zero attached hydrogens (tertiary/aromatic N) is 1. The number of ether oxygens (including phenoxy) is 1. The number of aliphatic hydroxyl groups excluding tert-OH is 1. The SMILES string of the molecule is CN(CCCNCC(O)c1ccc(O)c2[nH]c(=O)ccc12)C(=O)C1CCC(COc2cccc([C@@H](NC(=O)O)c3ccccc3)c2)CC1. The molecule has 1 fully saturated rings. The zero-order valence-electron chi connectivity index (χ0n) is 27.1. The summed E-state index contributed by atoms with van der Waals surface area (Å²) in [5, 5.41) is 36.7. The van der Waals surface area contributed by atoms with Crippen LogP contribution in [0.1, 0.15) is 60.9 Å². The minimum atomic E-state index is -1.10. The van der Waals surface area contributed by atoms with Gasteiger partial charge in [0, 0.05) is 37.5 Å². The van der Waals surface area contributed by atoms with Gasteiger partial charge in [-0.25, -0.2) is 4.79 Å². The van der Waals surface area contributed by atoms with Crippen molar-refractivity contribution in [3.05, 3.63) is 106 Å². The van der Waals surface area contributed by atoms with Crippen molar-refractivity contribution in [1.82, 2.24) is 20.5 Å². The number of phenols is 1. The molecule has 0 aliphatic heterocycles. The molecule has 0 saturated heterocycles. The lowest BCUT2D eigenvalue weighted by atomic mass is 9.81. The average Bonchev–Trinajstić information content (AvgIpc) is 3.10. The maximum Gasteiger partial charge on any atom is 0.405 e. The number of carboxylic acid groups (broad SMARTS) is 1. The van der Waals surface area contributed by atoms with Gasteiger partial charge >= 0.3 is 6.09 Å². The number of aromatic nitrogens is 1. The van der Waals surface area contributed by atoms with Gasteiger partial charge in [-0.1, -0.05) is 48.5 Å². The van der Waals surface area contributed by atoms with Crippen LogP contribution in [0.15, 0.2) is 83.7 Å². The minimum absolute atomic E-state index is 0.00713. The van der Waals surface area contributed by atoms with E-state index in [0.717, 1.165) is 43.2 Å². The summed E-state index contributed by atoms with van der Waals surface area (Å²) >= 11 is 0. The largest absolute Gasteiger partial charge is 0.506 e. The number of carbonyl (C=O) groups is 2. The normalized spacial score (nSPS) is 17.4. The third-order valence-electron chi connectivity index (χ3n) is 9.10. The summed E-state index contributed by atoms with van der Waals surface area (Å²) < 4.78 is 6.15. The number of carbonyl (C=O) groups excluding carboxylic acids is 1. The molecule has 3 aromatic carbocycles. The summed E-state index contributed by atoms with van der Waals surface area (Å²) in [6, 6.07) is 22.5. The second-order valence-corrected chi connectivity index (χ2v) is 12.5. The van der Waals surface area contributed by atoms with Gasteiger partial charge in [0.25, 0.3) is 0 Å². The highest BCUT2D eigenvalue weighted by Crippen LogP contribution is 2.32. The molecule has 254 valence electrons. The van der Waals surface area contributed by atoms with Crippen molar-refractivity contribution in [3.8, 4) is 11.5 Å². The molecular weight excluding hydrogens is 612 g/mol. The zero-order valence-corrected chi connectivity index (χ0v) is 27.1. The van der Waals surface area contributed by atoms with E-state index in [0.29, 0.717) is 54.4 Å². The van der Waals surface area contributed by atoms with Crippen LogP contribution in [0.3, 0.4) is 0 Å². The fraction of sp³-hybridized carbons (Fsp3) is 0.378. The number of pyridine rings is 1. The number of aromatic amines is 1. The Morgan fingerprint density at radius 3 is 2.48 bits per heavy atom. The van der Waals surface area contributed by atoms with Gasteiger partial charge in [0.1, 0.15) is 11.5 Å². The summed E-state index contributed by atoms with van der Waals surface area (Å²) in [4.78, 5) is 40.7. The Labute approximate surface area is 279 Å². The number of H-pyrrole nitrogens is 1.